The van der Waals surface area contributed by atoms with Gasteiger partial charge in [0.15, 0.2) is 11.5 Å². The highest BCUT2D eigenvalue weighted by molar-refractivity contribution is 6.30. The Morgan fingerprint density at radius 3 is 2.65 bits per heavy atom. The number of carbonyl (C=O) groups excluding carboxylic acids is 1. The molecular weight excluding hydrogens is 321 g/mol. The van der Waals surface area contributed by atoms with Crippen molar-refractivity contribution >= 4 is 29.0 Å². The zero-order chi connectivity index (χ0) is 16.4. The maximum Gasteiger partial charge on any atom is 0.280 e. The largest absolute Gasteiger partial charge is 0.382 e. The number of benzene rings is 2. The van der Waals surface area contributed by atoms with Crippen molar-refractivity contribution in [1.82, 2.24) is 15.0 Å². The molecule has 8 heteroatoms. The van der Waals surface area contributed by atoms with Crippen LogP contribution in [0.25, 0.3) is 5.69 Å². The minimum Gasteiger partial charge on any atom is -0.382 e. The number of hydrogen-bond donors (Lipinski definition) is 2. The lowest BCUT2D eigenvalue weighted by atomic mass is 10.3. The van der Waals surface area contributed by atoms with Crippen LogP contribution < -0.4 is 11.1 Å². The van der Waals surface area contributed by atoms with E-state index in [9.17, 15) is 9.18 Å². The summed E-state index contributed by atoms with van der Waals surface area (Å²) in [6, 6.07) is 12.2. The van der Waals surface area contributed by atoms with E-state index in [4.69, 9.17) is 17.3 Å². The third kappa shape index (κ3) is 3.14. The molecule has 0 saturated carbocycles. The Kier molecular flexibility index (Phi) is 3.94. The number of nitrogens with zero attached hydrogens (tertiary/aromatic N) is 3. The number of nitrogens with two attached hydrogens (primary N) is 1. The van der Waals surface area contributed by atoms with Crippen molar-refractivity contribution < 1.29 is 9.18 Å². The summed E-state index contributed by atoms with van der Waals surface area (Å²) in [6.07, 6.45) is 0. The van der Waals surface area contributed by atoms with Crippen LogP contribution in [0.3, 0.4) is 0 Å². The average molecular weight is 332 g/mol. The summed E-state index contributed by atoms with van der Waals surface area (Å²) in [7, 11) is 0. The lowest BCUT2D eigenvalue weighted by Gasteiger charge is -2.05. The molecule has 0 saturated heterocycles. The van der Waals surface area contributed by atoms with E-state index in [1.165, 1.54) is 28.9 Å². The smallest absolute Gasteiger partial charge is 0.280 e. The van der Waals surface area contributed by atoms with Gasteiger partial charge in [-0.2, -0.15) is 4.68 Å². The summed E-state index contributed by atoms with van der Waals surface area (Å²) >= 11 is 5.92. The number of nitrogens with one attached hydrogen (secondary N) is 1. The molecule has 0 aliphatic carbocycles. The second kappa shape index (κ2) is 6.05. The number of anilines is 2. The normalized spacial score (nSPS) is 10.5. The highest BCUT2D eigenvalue weighted by atomic mass is 35.5. The third-order valence-electron chi connectivity index (χ3n) is 3.07. The predicted octanol–water partition coefficient (Wildman–Crippen LogP) is 2.89. The van der Waals surface area contributed by atoms with Gasteiger partial charge in [-0.1, -0.05) is 22.9 Å². The van der Waals surface area contributed by atoms with Crippen LogP contribution in [0.4, 0.5) is 15.9 Å². The molecule has 0 aliphatic rings. The lowest BCUT2D eigenvalue weighted by molar-refractivity contribution is 0.102. The summed E-state index contributed by atoms with van der Waals surface area (Å²) in [5.74, 6) is -0.858. The molecule has 0 spiro atoms. The standard InChI is InChI=1S/C15H11ClFN5O/c16-9-2-1-3-12(8-9)22-14(18)13(20-21-22)15(23)19-11-6-4-10(17)5-7-11/h1-8H,18H2,(H,19,23). The summed E-state index contributed by atoms with van der Waals surface area (Å²) in [6.45, 7) is 0. The minimum atomic E-state index is -0.539. The molecule has 1 aromatic heterocycles. The highest BCUT2D eigenvalue weighted by Crippen LogP contribution is 2.19. The number of aromatic nitrogens is 3. The zero-order valence-electron chi connectivity index (χ0n) is 11.7. The molecule has 0 aliphatic heterocycles. The van der Waals surface area contributed by atoms with Gasteiger partial charge in [0.2, 0.25) is 0 Å². The Labute approximate surface area is 135 Å². The van der Waals surface area contributed by atoms with Gasteiger partial charge in [-0.05, 0) is 42.5 Å². The molecule has 6 nitrogen and oxygen atoms in total. The molecule has 0 atom stereocenters. The first-order chi connectivity index (χ1) is 11.0. The third-order valence-corrected chi connectivity index (χ3v) is 3.31. The molecule has 1 amide bonds. The van der Waals surface area contributed by atoms with Crippen LogP contribution in [0, 0.1) is 5.82 Å². The van der Waals surface area contributed by atoms with Gasteiger partial charge >= 0.3 is 0 Å². The first-order valence-corrected chi connectivity index (χ1v) is 6.96. The van der Waals surface area contributed by atoms with Crippen molar-refractivity contribution in [3.05, 3.63) is 65.1 Å². The van der Waals surface area contributed by atoms with E-state index in [-0.39, 0.29) is 11.5 Å². The average Bonchev–Trinajstić information content (AvgIpc) is 2.91. The molecule has 0 unspecified atom stereocenters. The Balaban J connectivity index is 1.86. The summed E-state index contributed by atoms with van der Waals surface area (Å²) in [4.78, 5) is 12.2. The van der Waals surface area contributed by atoms with Crippen LogP contribution in [-0.4, -0.2) is 20.9 Å². The van der Waals surface area contributed by atoms with Gasteiger partial charge < -0.3 is 11.1 Å². The van der Waals surface area contributed by atoms with Gasteiger partial charge in [-0.15, -0.1) is 5.10 Å². The molecule has 116 valence electrons. The number of hydrogen-bond acceptors (Lipinski definition) is 4. The van der Waals surface area contributed by atoms with Crippen molar-refractivity contribution in [2.24, 2.45) is 0 Å². The topological polar surface area (TPSA) is 85.8 Å². The molecule has 3 aromatic rings. The first kappa shape index (κ1) is 15.0. The molecule has 2 aromatic carbocycles. The quantitative estimate of drug-likeness (QED) is 0.772. The Bertz CT molecular complexity index is 863. The van der Waals surface area contributed by atoms with E-state index < -0.39 is 11.7 Å². The Hall–Kier alpha value is -2.93. The van der Waals surface area contributed by atoms with E-state index in [2.05, 4.69) is 15.6 Å². The van der Waals surface area contributed by atoms with Gasteiger partial charge in [0.1, 0.15) is 5.82 Å². The van der Waals surface area contributed by atoms with E-state index >= 15 is 0 Å². The number of rotatable bonds is 3. The number of amides is 1. The van der Waals surface area contributed by atoms with Gasteiger partial charge in [0.25, 0.3) is 5.91 Å². The van der Waals surface area contributed by atoms with Gasteiger partial charge in [0.05, 0.1) is 5.69 Å². The molecule has 1 heterocycles. The zero-order valence-corrected chi connectivity index (χ0v) is 12.5. The van der Waals surface area contributed by atoms with Crippen molar-refractivity contribution in [2.75, 3.05) is 11.1 Å². The fourth-order valence-corrected chi connectivity index (χ4v) is 2.16. The number of nitrogen functional groups attached to an aromatic ring is 1. The van der Waals surface area contributed by atoms with E-state index in [1.807, 2.05) is 0 Å². The molecule has 0 bridgehead atoms. The van der Waals surface area contributed by atoms with Gasteiger partial charge in [-0.25, -0.2) is 4.39 Å². The molecule has 3 rings (SSSR count). The van der Waals surface area contributed by atoms with Crippen LogP contribution in [-0.2, 0) is 0 Å². The van der Waals surface area contributed by atoms with Crippen molar-refractivity contribution in [1.29, 1.82) is 0 Å². The number of halogens is 2. The van der Waals surface area contributed by atoms with Crippen molar-refractivity contribution in [3.63, 3.8) is 0 Å². The van der Waals surface area contributed by atoms with Crippen LogP contribution in [0.5, 0.6) is 0 Å². The molecule has 0 fully saturated rings. The lowest BCUT2D eigenvalue weighted by Crippen LogP contribution is -2.15. The molecule has 23 heavy (non-hydrogen) atoms. The molecular formula is C15H11ClFN5O. The predicted molar refractivity (Wildman–Crippen MR) is 85.1 cm³/mol. The first-order valence-electron chi connectivity index (χ1n) is 6.58. The maximum absolute atomic E-state index is 12.9. The maximum atomic E-state index is 12.9. The Morgan fingerprint density at radius 2 is 1.96 bits per heavy atom. The van der Waals surface area contributed by atoms with Crippen molar-refractivity contribution in [2.45, 2.75) is 0 Å². The van der Waals surface area contributed by atoms with Crippen LogP contribution in [0.1, 0.15) is 10.5 Å². The highest BCUT2D eigenvalue weighted by Gasteiger charge is 2.18. The van der Waals surface area contributed by atoms with E-state index in [1.54, 1.807) is 24.3 Å². The molecule has 3 N–H and O–H groups in total. The minimum absolute atomic E-state index is 0.0331. The SMILES string of the molecule is Nc1c(C(=O)Nc2ccc(F)cc2)nnn1-c1cccc(Cl)c1. The second-order valence-corrected chi connectivity index (χ2v) is 5.11. The summed E-state index contributed by atoms with van der Waals surface area (Å²) < 4.78 is 14.2. The van der Waals surface area contributed by atoms with E-state index in [0.717, 1.165) is 0 Å². The Morgan fingerprint density at radius 1 is 1.22 bits per heavy atom. The fourth-order valence-electron chi connectivity index (χ4n) is 1.97. The van der Waals surface area contributed by atoms with E-state index in [0.29, 0.717) is 16.4 Å². The molecule has 0 radical (unpaired) electrons. The van der Waals surface area contributed by atoms with Crippen LogP contribution in [0.2, 0.25) is 5.02 Å². The van der Waals surface area contributed by atoms with Crippen LogP contribution in [0.15, 0.2) is 48.5 Å². The van der Waals surface area contributed by atoms with Gasteiger partial charge in [-0.3, -0.25) is 4.79 Å². The second-order valence-electron chi connectivity index (χ2n) is 4.68. The van der Waals surface area contributed by atoms with Crippen molar-refractivity contribution in [3.8, 4) is 5.69 Å². The van der Waals surface area contributed by atoms with Gasteiger partial charge in [0, 0.05) is 10.7 Å². The van der Waals surface area contributed by atoms with Crippen LogP contribution >= 0.6 is 11.6 Å². The number of carbonyl (C=O) groups is 1. The summed E-state index contributed by atoms with van der Waals surface area (Å²) in [5.41, 5.74) is 6.92. The monoisotopic (exact) mass is 331 g/mol. The fraction of sp³-hybridized carbons (Fsp3) is 0. The summed E-state index contributed by atoms with van der Waals surface area (Å²) in [5, 5.41) is 10.7.